The summed E-state index contributed by atoms with van der Waals surface area (Å²) >= 11 is 0. The van der Waals surface area contributed by atoms with Gasteiger partial charge in [-0.15, -0.1) is 0 Å². The van der Waals surface area contributed by atoms with E-state index in [1.807, 2.05) is 123 Å². The Hall–Kier alpha value is -4.83. The number of benzene rings is 4. The lowest BCUT2D eigenvalue weighted by Crippen LogP contribution is -2.35. The van der Waals surface area contributed by atoms with Gasteiger partial charge in [-0.2, -0.15) is 0 Å². The topological polar surface area (TPSA) is 118 Å². The van der Waals surface area contributed by atoms with E-state index in [9.17, 15) is 14.4 Å². The van der Waals surface area contributed by atoms with Crippen LogP contribution in [-0.2, 0) is 22.2 Å². The van der Waals surface area contributed by atoms with Crippen molar-refractivity contribution in [3.63, 3.8) is 0 Å². The third-order valence-corrected chi connectivity index (χ3v) is 9.00. The van der Waals surface area contributed by atoms with Gasteiger partial charge in [0, 0.05) is 23.4 Å². The van der Waals surface area contributed by atoms with Gasteiger partial charge in [0.25, 0.3) is 0 Å². The van der Waals surface area contributed by atoms with Crippen LogP contribution in [-0.4, -0.2) is 43.6 Å². The summed E-state index contributed by atoms with van der Waals surface area (Å²) < 4.78 is 23.3. The first-order valence-corrected chi connectivity index (χ1v) is 16.1. The number of rotatable bonds is 9. The summed E-state index contributed by atoms with van der Waals surface area (Å²) in [5, 5.41) is 22.8. The van der Waals surface area contributed by atoms with Gasteiger partial charge in [-0.3, -0.25) is 9.19 Å². The molecule has 2 heterocycles. The number of imidazole rings is 1. The molecular formula is C37H37N3O5S. The van der Waals surface area contributed by atoms with E-state index >= 15 is 0 Å². The maximum absolute atomic E-state index is 12.7. The number of hydrogen-bond acceptors (Lipinski definition) is 7. The fraction of sp³-hybridized carbons (Fsp3) is 0.189. The molecule has 3 N–H and O–H groups in total. The van der Waals surface area contributed by atoms with Crippen LogP contribution in [0, 0.1) is 13.8 Å². The van der Waals surface area contributed by atoms with Crippen LogP contribution in [0.2, 0.25) is 0 Å². The van der Waals surface area contributed by atoms with Gasteiger partial charge in [0.1, 0.15) is 23.2 Å². The smallest absolute Gasteiger partial charge is 0.197 e. The van der Waals surface area contributed by atoms with Crippen LogP contribution < -0.4 is 9.47 Å². The van der Waals surface area contributed by atoms with Crippen molar-refractivity contribution in [2.24, 2.45) is 0 Å². The lowest BCUT2D eigenvalue weighted by molar-refractivity contribution is -0.0517. The minimum atomic E-state index is -1.50. The standard InChI is InChI=1S/C20H18O2.C17H19N3O3S/c21-19(16-10-4-1-5-11-16)20(22,17-12-6-2-7-13-17)18-14-8-3-9-15-18;1-10-8-18-15(11(2)16(10)23-4)9-24(21)17-19-13-6-5-12(22-3)7-14(13)20-17/h1-15,19,21-22H;5-8H,9H2,1-4H3,(H,19,20)/t19-;24-/m00/s1. The van der Waals surface area contributed by atoms with Gasteiger partial charge >= 0.3 is 0 Å². The number of H-pyrrole nitrogens is 1. The molecule has 0 radical (unpaired) electrons. The molecule has 8 nitrogen and oxygen atoms in total. The largest absolute Gasteiger partial charge is 0.497 e. The molecule has 0 saturated carbocycles. The number of nitrogens with one attached hydrogen (secondary N) is 1. The van der Waals surface area contributed by atoms with Crippen molar-refractivity contribution < 1.29 is 23.9 Å². The number of aryl methyl sites for hydroxylation is 1. The van der Waals surface area contributed by atoms with E-state index in [1.54, 1.807) is 20.4 Å². The van der Waals surface area contributed by atoms with Crippen molar-refractivity contribution in [1.29, 1.82) is 0 Å². The van der Waals surface area contributed by atoms with Crippen LogP contribution in [0.15, 0.2) is 121 Å². The Morgan fingerprint density at radius 3 is 2.00 bits per heavy atom. The van der Waals surface area contributed by atoms with Crippen molar-refractivity contribution >= 4 is 21.8 Å². The molecule has 0 fully saturated rings. The van der Waals surface area contributed by atoms with Crippen molar-refractivity contribution in [3.05, 3.63) is 149 Å². The van der Waals surface area contributed by atoms with Crippen molar-refractivity contribution in [1.82, 2.24) is 15.0 Å². The van der Waals surface area contributed by atoms with Gasteiger partial charge in [0.05, 0.1) is 47.5 Å². The van der Waals surface area contributed by atoms with Crippen LogP contribution in [0.25, 0.3) is 11.0 Å². The van der Waals surface area contributed by atoms with Crippen LogP contribution in [0.1, 0.15) is 39.6 Å². The number of aliphatic hydroxyl groups excluding tert-OH is 1. The molecule has 0 unspecified atom stereocenters. The van der Waals surface area contributed by atoms with E-state index in [1.165, 1.54) is 0 Å². The second kappa shape index (κ2) is 14.5. The maximum Gasteiger partial charge on any atom is 0.197 e. The first-order valence-electron chi connectivity index (χ1n) is 14.7. The molecule has 2 aromatic heterocycles. The fourth-order valence-electron chi connectivity index (χ4n) is 5.35. The average Bonchev–Trinajstić information content (AvgIpc) is 3.54. The van der Waals surface area contributed by atoms with Crippen LogP contribution in [0.3, 0.4) is 0 Å². The van der Waals surface area contributed by atoms with Crippen molar-refractivity contribution in [2.75, 3.05) is 14.2 Å². The van der Waals surface area contributed by atoms with Gasteiger partial charge in [-0.1, -0.05) is 91.0 Å². The number of nitrogens with zero attached hydrogens (tertiary/aromatic N) is 2. The zero-order valence-electron chi connectivity index (χ0n) is 26.2. The Labute approximate surface area is 271 Å². The maximum atomic E-state index is 12.7. The lowest BCUT2D eigenvalue weighted by atomic mass is 9.79. The molecule has 0 saturated heterocycles. The molecule has 0 bridgehead atoms. The monoisotopic (exact) mass is 635 g/mol. The highest BCUT2D eigenvalue weighted by atomic mass is 32.2. The summed E-state index contributed by atoms with van der Waals surface area (Å²) in [4.78, 5) is 11.9. The quantitative estimate of drug-likeness (QED) is 0.165. The molecule has 0 spiro atoms. The molecule has 236 valence electrons. The van der Waals surface area contributed by atoms with Gasteiger partial charge in [-0.25, -0.2) is 4.98 Å². The highest BCUT2D eigenvalue weighted by Crippen LogP contribution is 2.40. The van der Waals surface area contributed by atoms with E-state index in [4.69, 9.17) is 9.47 Å². The number of aromatic nitrogens is 3. The van der Waals surface area contributed by atoms with E-state index in [2.05, 4.69) is 15.0 Å². The normalized spacial score (nSPS) is 12.6. The fourth-order valence-corrected chi connectivity index (χ4v) is 6.45. The van der Waals surface area contributed by atoms with Gasteiger partial charge in [-0.05, 0) is 42.7 Å². The van der Waals surface area contributed by atoms with E-state index in [0.717, 1.165) is 39.4 Å². The molecule has 9 heteroatoms. The van der Waals surface area contributed by atoms with Gasteiger partial charge in [0.15, 0.2) is 5.16 Å². The number of aliphatic hydroxyl groups is 2. The van der Waals surface area contributed by atoms with E-state index < -0.39 is 22.5 Å². The number of pyridine rings is 1. The van der Waals surface area contributed by atoms with Gasteiger partial charge in [0.2, 0.25) is 0 Å². The molecule has 6 rings (SSSR count). The van der Waals surface area contributed by atoms with Crippen LogP contribution >= 0.6 is 0 Å². The van der Waals surface area contributed by atoms with Crippen molar-refractivity contribution in [3.8, 4) is 11.5 Å². The van der Waals surface area contributed by atoms with E-state index in [-0.39, 0.29) is 5.75 Å². The summed E-state index contributed by atoms with van der Waals surface area (Å²) in [7, 11) is 1.91. The van der Waals surface area contributed by atoms with Crippen molar-refractivity contribution in [2.45, 2.75) is 36.5 Å². The van der Waals surface area contributed by atoms with Crippen LogP contribution in [0.4, 0.5) is 0 Å². The Morgan fingerprint density at radius 2 is 1.43 bits per heavy atom. The predicted molar refractivity (Wildman–Crippen MR) is 180 cm³/mol. The van der Waals surface area contributed by atoms with E-state index in [0.29, 0.717) is 21.8 Å². The third kappa shape index (κ3) is 6.87. The minimum Gasteiger partial charge on any atom is -0.497 e. The molecule has 2 atom stereocenters. The Bertz CT molecular complexity index is 1870. The number of hydrogen-bond donors (Lipinski definition) is 3. The SMILES string of the molecule is COc1ccc2nc([S@@](=O)Cc3ncc(C)c(OC)c3C)[nH]c2c1.O[C@@H](c1ccccc1)C(O)(c1ccccc1)c1ccccc1. The third-order valence-electron chi connectivity index (χ3n) is 7.84. The second-order valence-corrected chi connectivity index (χ2v) is 12.1. The summed E-state index contributed by atoms with van der Waals surface area (Å²) in [6, 6.07) is 33.3. The molecule has 0 amide bonds. The zero-order valence-corrected chi connectivity index (χ0v) is 27.0. The summed E-state index contributed by atoms with van der Waals surface area (Å²) in [5.41, 5.74) is 4.67. The molecule has 6 aromatic rings. The summed E-state index contributed by atoms with van der Waals surface area (Å²) in [5.74, 6) is 1.79. The highest BCUT2D eigenvalue weighted by Gasteiger charge is 2.40. The molecule has 4 aromatic carbocycles. The molecule has 0 aliphatic rings. The first kappa shape index (κ1) is 32.6. The highest BCUT2D eigenvalue weighted by molar-refractivity contribution is 7.84. The number of fused-ring (bicyclic) bond motifs is 1. The Balaban J connectivity index is 0.000000182. The lowest BCUT2D eigenvalue weighted by Gasteiger charge is -2.34. The zero-order chi connectivity index (χ0) is 32.7. The first-order chi connectivity index (χ1) is 22.3. The molecule has 0 aliphatic heterocycles. The molecule has 0 aliphatic carbocycles. The van der Waals surface area contributed by atoms with Gasteiger partial charge < -0.3 is 24.7 Å². The summed E-state index contributed by atoms with van der Waals surface area (Å²) in [6.45, 7) is 3.86. The minimum absolute atomic E-state index is 0.277. The Morgan fingerprint density at radius 1 is 0.848 bits per heavy atom. The van der Waals surface area contributed by atoms with Crippen LogP contribution in [0.5, 0.6) is 11.5 Å². The molecular weight excluding hydrogens is 598 g/mol. The average molecular weight is 636 g/mol. The predicted octanol–water partition coefficient (Wildman–Crippen LogP) is 6.56. The number of aromatic amines is 1. The summed E-state index contributed by atoms with van der Waals surface area (Å²) in [6.07, 6.45) is 0.681. The molecule has 46 heavy (non-hydrogen) atoms. The second-order valence-electron chi connectivity index (χ2n) is 10.8. The Kier molecular flexibility index (Phi) is 10.3. The number of methoxy groups -OCH3 is 2. The number of ether oxygens (including phenoxy) is 2.